The second kappa shape index (κ2) is 12.6. The highest BCUT2D eigenvalue weighted by Gasteiger charge is 2.00. The zero-order valence-electron chi connectivity index (χ0n) is 13.0. The fourth-order valence-corrected chi connectivity index (χ4v) is 1.92. The minimum Gasteiger partial charge on any atom is -0.356 e. The fraction of sp³-hybridized carbons (Fsp3) is 0.438. The van der Waals surface area contributed by atoms with Gasteiger partial charge in [-0.05, 0) is 25.6 Å². The predicted octanol–water partition coefficient (Wildman–Crippen LogP) is 2.48. The van der Waals surface area contributed by atoms with Crippen molar-refractivity contribution in [2.45, 2.75) is 13.0 Å². The molecule has 0 unspecified atom stereocenters. The van der Waals surface area contributed by atoms with Crippen LogP contribution in [0.1, 0.15) is 12.0 Å². The van der Waals surface area contributed by atoms with Crippen LogP contribution in [0.2, 0.25) is 0 Å². The molecule has 0 aromatic heterocycles. The molecule has 0 heterocycles. The van der Waals surface area contributed by atoms with E-state index in [1.165, 1.54) is 5.56 Å². The number of benzene rings is 1. The zero-order chi connectivity index (χ0) is 14.6. The molecular weight excluding hydrogens is 375 g/mol. The van der Waals surface area contributed by atoms with Crippen LogP contribution in [0.3, 0.4) is 0 Å². The molecule has 21 heavy (non-hydrogen) atoms. The van der Waals surface area contributed by atoms with Gasteiger partial charge in [0.15, 0.2) is 5.96 Å². The second-order valence-corrected chi connectivity index (χ2v) is 4.75. The van der Waals surface area contributed by atoms with Gasteiger partial charge in [-0.25, -0.2) is 0 Å². The molecule has 0 aliphatic rings. The lowest BCUT2D eigenvalue weighted by atomic mass is 10.2. The summed E-state index contributed by atoms with van der Waals surface area (Å²) in [5.74, 6) is 0.829. The molecule has 0 fully saturated rings. The van der Waals surface area contributed by atoms with Gasteiger partial charge in [-0.1, -0.05) is 36.4 Å². The normalized spacial score (nSPS) is 10.9. The Morgan fingerprint density at radius 1 is 1.29 bits per heavy atom. The molecule has 0 aliphatic heterocycles. The molecule has 0 saturated carbocycles. The number of hydrogen-bond donors (Lipinski definition) is 2. The molecule has 0 bridgehead atoms. The maximum absolute atomic E-state index is 4.14. The van der Waals surface area contributed by atoms with Gasteiger partial charge in [-0.3, -0.25) is 4.99 Å². The van der Waals surface area contributed by atoms with E-state index < -0.39 is 0 Å². The summed E-state index contributed by atoms with van der Waals surface area (Å²) in [5, 5.41) is 6.44. The van der Waals surface area contributed by atoms with Gasteiger partial charge in [0.05, 0.1) is 0 Å². The molecule has 0 amide bonds. The third-order valence-corrected chi connectivity index (χ3v) is 2.94. The molecule has 1 aromatic rings. The van der Waals surface area contributed by atoms with Crippen LogP contribution >= 0.6 is 24.0 Å². The summed E-state index contributed by atoms with van der Waals surface area (Å²) in [5.41, 5.74) is 1.35. The largest absolute Gasteiger partial charge is 0.356 e. The van der Waals surface area contributed by atoms with Gasteiger partial charge in [-0.2, -0.15) is 0 Å². The van der Waals surface area contributed by atoms with Gasteiger partial charge in [0.2, 0.25) is 0 Å². The van der Waals surface area contributed by atoms with Crippen molar-refractivity contribution in [1.29, 1.82) is 0 Å². The van der Waals surface area contributed by atoms with Crippen molar-refractivity contribution in [2.24, 2.45) is 4.99 Å². The molecular formula is C16H27IN4. The van der Waals surface area contributed by atoms with Crippen LogP contribution in [0.5, 0.6) is 0 Å². The van der Waals surface area contributed by atoms with E-state index in [1.54, 1.807) is 7.05 Å². The van der Waals surface area contributed by atoms with E-state index in [4.69, 9.17) is 0 Å². The first kappa shape index (κ1) is 19.9. The van der Waals surface area contributed by atoms with E-state index in [2.05, 4.69) is 64.5 Å². The van der Waals surface area contributed by atoms with Crippen LogP contribution in [-0.2, 0) is 6.54 Å². The van der Waals surface area contributed by atoms with Gasteiger partial charge >= 0.3 is 0 Å². The Kier molecular flexibility index (Phi) is 12.0. The van der Waals surface area contributed by atoms with Crippen LogP contribution in [0.4, 0.5) is 0 Å². The Labute approximate surface area is 145 Å². The lowest BCUT2D eigenvalue weighted by Crippen LogP contribution is -2.38. The van der Waals surface area contributed by atoms with Gasteiger partial charge < -0.3 is 15.5 Å². The van der Waals surface area contributed by atoms with Crippen LogP contribution in [0, 0.1) is 0 Å². The minimum atomic E-state index is 0. The molecule has 0 atom stereocenters. The zero-order valence-corrected chi connectivity index (χ0v) is 15.3. The maximum Gasteiger partial charge on any atom is 0.191 e. The summed E-state index contributed by atoms with van der Waals surface area (Å²) in [6.07, 6.45) is 2.90. The molecule has 0 aliphatic carbocycles. The third kappa shape index (κ3) is 9.47. The van der Waals surface area contributed by atoms with Crippen molar-refractivity contribution in [2.75, 3.05) is 33.7 Å². The van der Waals surface area contributed by atoms with Gasteiger partial charge in [0.1, 0.15) is 0 Å². The summed E-state index contributed by atoms with van der Waals surface area (Å²) in [7, 11) is 3.93. The van der Waals surface area contributed by atoms with Crippen molar-refractivity contribution in [3.63, 3.8) is 0 Å². The molecule has 118 valence electrons. The van der Waals surface area contributed by atoms with Gasteiger partial charge in [0, 0.05) is 26.7 Å². The third-order valence-electron chi connectivity index (χ3n) is 2.94. The Balaban J connectivity index is 0.00000400. The highest BCUT2D eigenvalue weighted by atomic mass is 127. The van der Waals surface area contributed by atoms with Crippen LogP contribution < -0.4 is 10.6 Å². The summed E-state index contributed by atoms with van der Waals surface area (Å²) in [4.78, 5) is 6.47. The summed E-state index contributed by atoms with van der Waals surface area (Å²) in [6.45, 7) is 7.36. The number of rotatable bonds is 8. The monoisotopic (exact) mass is 402 g/mol. The van der Waals surface area contributed by atoms with Crippen molar-refractivity contribution in [3.05, 3.63) is 48.6 Å². The van der Waals surface area contributed by atoms with Crippen molar-refractivity contribution in [1.82, 2.24) is 15.5 Å². The minimum absolute atomic E-state index is 0. The first-order valence-corrected chi connectivity index (χ1v) is 7.04. The summed E-state index contributed by atoms with van der Waals surface area (Å²) in [6, 6.07) is 10.5. The molecule has 0 spiro atoms. The molecule has 0 radical (unpaired) electrons. The molecule has 1 aromatic carbocycles. The SMILES string of the molecule is C=CCNC(=NC)NCCCN(C)Cc1ccccc1.I. The number of nitrogens with zero attached hydrogens (tertiary/aromatic N) is 2. The highest BCUT2D eigenvalue weighted by molar-refractivity contribution is 14.0. The number of aliphatic imine (C=N–C) groups is 1. The van der Waals surface area contributed by atoms with E-state index in [0.29, 0.717) is 0 Å². The number of guanidine groups is 1. The molecule has 4 nitrogen and oxygen atoms in total. The predicted molar refractivity (Wildman–Crippen MR) is 102 cm³/mol. The lowest BCUT2D eigenvalue weighted by molar-refractivity contribution is 0.322. The second-order valence-electron chi connectivity index (χ2n) is 4.75. The van der Waals surface area contributed by atoms with Gasteiger partial charge in [0.25, 0.3) is 0 Å². The maximum atomic E-state index is 4.14. The van der Waals surface area contributed by atoms with Crippen molar-refractivity contribution >= 4 is 29.9 Å². The quantitative estimate of drug-likeness (QED) is 0.231. The van der Waals surface area contributed by atoms with E-state index in [-0.39, 0.29) is 24.0 Å². The first-order chi connectivity index (χ1) is 9.76. The Morgan fingerprint density at radius 2 is 2.00 bits per heavy atom. The molecule has 2 N–H and O–H groups in total. The molecule has 5 heteroatoms. The van der Waals surface area contributed by atoms with E-state index in [9.17, 15) is 0 Å². The fourth-order valence-electron chi connectivity index (χ4n) is 1.92. The van der Waals surface area contributed by atoms with Crippen LogP contribution in [-0.4, -0.2) is 44.6 Å². The topological polar surface area (TPSA) is 39.7 Å². The van der Waals surface area contributed by atoms with E-state index >= 15 is 0 Å². The number of hydrogen-bond acceptors (Lipinski definition) is 2. The lowest BCUT2D eigenvalue weighted by Gasteiger charge is -2.17. The standard InChI is InChI=1S/C16H26N4.HI/c1-4-11-18-16(17-2)19-12-8-13-20(3)14-15-9-6-5-7-10-15;/h4-7,9-10H,1,8,11-14H2,2-3H3,(H2,17,18,19);1H. The molecule has 1 rings (SSSR count). The van der Waals surface area contributed by atoms with E-state index in [0.717, 1.165) is 38.6 Å². The Hall–Kier alpha value is -1.08. The first-order valence-electron chi connectivity index (χ1n) is 7.04. The van der Waals surface area contributed by atoms with Crippen molar-refractivity contribution in [3.8, 4) is 0 Å². The van der Waals surface area contributed by atoms with Crippen LogP contribution in [0.25, 0.3) is 0 Å². The highest BCUT2D eigenvalue weighted by Crippen LogP contribution is 2.02. The Morgan fingerprint density at radius 3 is 2.62 bits per heavy atom. The Bertz CT molecular complexity index is 406. The molecule has 0 saturated heterocycles. The van der Waals surface area contributed by atoms with Crippen LogP contribution in [0.15, 0.2) is 48.0 Å². The average molecular weight is 402 g/mol. The summed E-state index contributed by atoms with van der Waals surface area (Å²) >= 11 is 0. The number of nitrogens with one attached hydrogen (secondary N) is 2. The van der Waals surface area contributed by atoms with Gasteiger partial charge in [-0.15, -0.1) is 30.6 Å². The smallest absolute Gasteiger partial charge is 0.191 e. The number of halogens is 1. The summed E-state index contributed by atoms with van der Waals surface area (Å²) < 4.78 is 0. The van der Waals surface area contributed by atoms with E-state index in [1.807, 2.05) is 6.08 Å². The van der Waals surface area contributed by atoms with Crippen molar-refractivity contribution < 1.29 is 0 Å². The average Bonchev–Trinajstić information content (AvgIpc) is 2.47.